The summed E-state index contributed by atoms with van der Waals surface area (Å²) < 4.78 is 39.0. The molecule has 0 spiro atoms. The minimum absolute atomic E-state index is 0.0575. The Morgan fingerprint density at radius 1 is 1.07 bits per heavy atom. The number of carbonyl (C=O) groups is 1. The van der Waals surface area contributed by atoms with Crippen LogP contribution >= 0.6 is 0 Å². The summed E-state index contributed by atoms with van der Waals surface area (Å²) in [7, 11) is -3.84. The Balaban J connectivity index is 1.69. The maximum Gasteiger partial charge on any atom is 0.262 e. The van der Waals surface area contributed by atoms with E-state index in [2.05, 4.69) is 17.0 Å². The smallest absolute Gasteiger partial charge is 0.262 e. The fourth-order valence-electron chi connectivity index (χ4n) is 3.21. The quantitative estimate of drug-likeness (QED) is 0.585. The van der Waals surface area contributed by atoms with E-state index in [0.29, 0.717) is 36.0 Å². The van der Waals surface area contributed by atoms with Crippen LogP contribution in [-0.2, 0) is 10.0 Å². The molecule has 0 bridgehead atoms. The number of rotatable bonds is 9. The van der Waals surface area contributed by atoms with Gasteiger partial charge in [-0.15, -0.1) is 0 Å². The number of carbonyl (C=O) groups excluding carboxylic acids is 1. The predicted octanol–water partition coefficient (Wildman–Crippen LogP) is 3.96. The molecule has 0 saturated carbocycles. The zero-order valence-electron chi connectivity index (χ0n) is 17.3. The van der Waals surface area contributed by atoms with E-state index in [0.717, 1.165) is 25.7 Å². The molecule has 3 rings (SSSR count). The number of anilines is 1. The Bertz CT molecular complexity index is 991. The summed E-state index contributed by atoms with van der Waals surface area (Å²) in [6.45, 7) is 4.92. The lowest BCUT2D eigenvalue weighted by atomic mass is 10.1. The van der Waals surface area contributed by atoms with E-state index in [1.807, 2.05) is 6.92 Å². The van der Waals surface area contributed by atoms with Gasteiger partial charge in [0.2, 0.25) is 0 Å². The van der Waals surface area contributed by atoms with Crippen LogP contribution in [0.3, 0.4) is 0 Å². The fraction of sp³-hybridized carbons (Fsp3) is 0.409. The van der Waals surface area contributed by atoms with E-state index in [1.165, 1.54) is 18.2 Å². The molecule has 1 unspecified atom stereocenters. The van der Waals surface area contributed by atoms with Crippen LogP contribution in [0.5, 0.6) is 11.5 Å². The third-order valence-electron chi connectivity index (χ3n) is 4.82. The summed E-state index contributed by atoms with van der Waals surface area (Å²) in [5, 5.41) is 2.96. The highest BCUT2D eigenvalue weighted by molar-refractivity contribution is 7.92. The van der Waals surface area contributed by atoms with Crippen molar-refractivity contribution in [2.45, 2.75) is 50.5 Å². The van der Waals surface area contributed by atoms with Crippen molar-refractivity contribution in [1.29, 1.82) is 0 Å². The minimum atomic E-state index is -3.84. The van der Waals surface area contributed by atoms with E-state index in [4.69, 9.17) is 9.47 Å². The molecular weight excluding hydrogens is 404 g/mol. The van der Waals surface area contributed by atoms with Gasteiger partial charge in [-0.05, 0) is 43.7 Å². The average molecular weight is 433 g/mol. The first-order valence-electron chi connectivity index (χ1n) is 10.2. The molecule has 1 aliphatic rings. The molecule has 0 aliphatic carbocycles. The van der Waals surface area contributed by atoms with Crippen molar-refractivity contribution in [2.75, 3.05) is 17.9 Å². The van der Waals surface area contributed by atoms with Gasteiger partial charge in [0, 0.05) is 23.4 Å². The van der Waals surface area contributed by atoms with E-state index in [-0.39, 0.29) is 16.8 Å². The Morgan fingerprint density at radius 2 is 1.83 bits per heavy atom. The van der Waals surface area contributed by atoms with Crippen molar-refractivity contribution in [2.24, 2.45) is 0 Å². The van der Waals surface area contributed by atoms with E-state index in [9.17, 15) is 13.2 Å². The van der Waals surface area contributed by atoms with Gasteiger partial charge in [0.05, 0.1) is 4.90 Å². The summed E-state index contributed by atoms with van der Waals surface area (Å²) in [4.78, 5) is 12.6. The molecule has 0 radical (unpaired) electrons. The summed E-state index contributed by atoms with van der Waals surface area (Å²) >= 11 is 0. The highest BCUT2D eigenvalue weighted by Gasteiger charge is 2.20. The number of benzene rings is 2. The SMILES string of the molecule is CCCCCC(C)NC(=O)c1cccc(NS(=O)(=O)c2ccc3c(c2)OCCO3)c1. The standard InChI is InChI=1S/C22H28N2O5S/c1-3-4-5-7-16(2)23-22(25)17-8-6-9-18(14-17)24-30(26,27)19-10-11-20-21(15-19)29-13-12-28-20/h6,8-11,14-16,24H,3-5,7,12-13H2,1-2H3,(H,23,25). The molecule has 7 nitrogen and oxygen atoms in total. The maximum atomic E-state index is 12.8. The molecule has 162 valence electrons. The van der Waals surface area contributed by atoms with Gasteiger partial charge in [-0.3, -0.25) is 9.52 Å². The van der Waals surface area contributed by atoms with Gasteiger partial charge in [-0.1, -0.05) is 32.3 Å². The van der Waals surface area contributed by atoms with Gasteiger partial charge in [0.1, 0.15) is 13.2 Å². The second-order valence-electron chi connectivity index (χ2n) is 7.36. The third-order valence-corrected chi connectivity index (χ3v) is 6.20. The number of hydrogen-bond donors (Lipinski definition) is 2. The zero-order chi connectivity index (χ0) is 21.6. The second-order valence-corrected chi connectivity index (χ2v) is 9.04. The van der Waals surface area contributed by atoms with Crippen LogP contribution in [-0.4, -0.2) is 33.6 Å². The van der Waals surface area contributed by atoms with Crippen molar-refractivity contribution >= 4 is 21.6 Å². The number of ether oxygens (including phenoxy) is 2. The van der Waals surface area contributed by atoms with Crippen molar-refractivity contribution in [3.63, 3.8) is 0 Å². The Kier molecular flexibility index (Phi) is 7.20. The molecule has 1 aliphatic heterocycles. The maximum absolute atomic E-state index is 12.8. The lowest BCUT2D eigenvalue weighted by Gasteiger charge is -2.19. The predicted molar refractivity (Wildman–Crippen MR) is 116 cm³/mol. The summed E-state index contributed by atoms with van der Waals surface area (Å²) in [6.07, 6.45) is 4.24. The van der Waals surface area contributed by atoms with Crippen LogP contribution in [0.2, 0.25) is 0 Å². The molecule has 2 aromatic carbocycles. The number of hydrogen-bond acceptors (Lipinski definition) is 5. The first kappa shape index (κ1) is 22.0. The van der Waals surface area contributed by atoms with E-state index < -0.39 is 10.0 Å². The molecule has 1 heterocycles. The molecule has 30 heavy (non-hydrogen) atoms. The van der Waals surface area contributed by atoms with Crippen LogP contribution in [0, 0.1) is 0 Å². The van der Waals surface area contributed by atoms with Crippen molar-refractivity contribution in [1.82, 2.24) is 5.32 Å². The first-order valence-corrected chi connectivity index (χ1v) is 11.7. The third kappa shape index (κ3) is 5.66. The Labute approximate surface area is 177 Å². The first-order chi connectivity index (χ1) is 14.4. The number of sulfonamides is 1. The van der Waals surface area contributed by atoms with Crippen LogP contribution in [0.25, 0.3) is 0 Å². The van der Waals surface area contributed by atoms with Crippen molar-refractivity contribution < 1.29 is 22.7 Å². The normalized spacial score (nSPS) is 14.1. The highest BCUT2D eigenvalue weighted by Crippen LogP contribution is 2.32. The summed E-state index contributed by atoms with van der Waals surface area (Å²) in [5.41, 5.74) is 0.718. The van der Waals surface area contributed by atoms with Gasteiger partial charge >= 0.3 is 0 Å². The van der Waals surface area contributed by atoms with Crippen molar-refractivity contribution in [3.8, 4) is 11.5 Å². The second kappa shape index (κ2) is 9.84. The lowest BCUT2D eigenvalue weighted by molar-refractivity contribution is 0.0938. The number of unbranched alkanes of at least 4 members (excludes halogenated alkanes) is 2. The van der Waals surface area contributed by atoms with Crippen LogP contribution < -0.4 is 19.5 Å². The molecule has 2 N–H and O–H groups in total. The Morgan fingerprint density at radius 3 is 2.60 bits per heavy atom. The van der Waals surface area contributed by atoms with E-state index in [1.54, 1.807) is 24.3 Å². The summed E-state index contributed by atoms with van der Waals surface area (Å²) in [5.74, 6) is 0.695. The summed E-state index contributed by atoms with van der Waals surface area (Å²) in [6, 6.07) is 11.0. The zero-order valence-corrected chi connectivity index (χ0v) is 18.1. The average Bonchev–Trinajstić information content (AvgIpc) is 2.73. The Hall–Kier alpha value is -2.74. The van der Waals surface area contributed by atoms with Gasteiger partial charge in [-0.2, -0.15) is 0 Å². The molecule has 1 atom stereocenters. The molecule has 8 heteroatoms. The minimum Gasteiger partial charge on any atom is -0.486 e. The number of fused-ring (bicyclic) bond motifs is 1. The van der Waals surface area contributed by atoms with E-state index >= 15 is 0 Å². The van der Waals surface area contributed by atoms with Crippen molar-refractivity contribution in [3.05, 3.63) is 48.0 Å². The van der Waals surface area contributed by atoms with Crippen LogP contribution in [0.4, 0.5) is 5.69 Å². The molecule has 0 aromatic heterocycles. The molecule has 2 aromatic rings. The molecule has 0 saturated heterocycles. The number of amides is 1. The van der Waals surface area contributed by atoms with Gasteiger partial charge in [-0.25, -0.2) is 8.42 Å². The largest absolute Gasteiger partial charge is 0.486 e. The van der Waals surface area contributed by atoms with Gasteiger partial charge < -0.3 is 14.8 Å². The van der Waals surface area contributed by atoms with Crippen LogP contribution in [0.1, 0.15) is 49.9 Å². The van der Waals surface area contributed by atoms with Gasteiger partial charge in [0.25, 0.3) is 15.9 Å². The molecule has 1 amide bonds. The lowest BCUT2D eigenvalue weighted by Crippen LogP contribution is -2.32. The molecule has 0 fully saturated rings. The molecular formula is C22H28N2O5S. The topological polar surface area (TPSA) is 93.7 Å². The fourth-order valence-corrected chi connectivity index (χ4v) is 4.27. The highest BCUT2D eigenvalue weighted by atomic mass is 32.2. The number of nitrogens with one attached hydrogen (secondary N) is 2. The monoisotopic (exact) mass is 432 g/mol. The van der Waals surface area contributed by atoms with Crippen LogP contribution in [0.15, 0.2) is 47.4 Å². The van der Waals surface area contributed by atoms with Gasteiger partial charge in [0.15, 0.2) is 11.5 Å².